The number of phenolic OH excluding ortho intramolecular Hbond substituents is 1. The minimum absolute atomic E-state index is 0.270. The summed E-state index contributed by atoms with van der Waals surface area (Å²) in [6.07, 6.45) is 3.67. The van der Waals surface area contributed by atoms with E-state index in [4.69, 9.17) is 9.72 Å². The minimum atomic E-state index is 0.270. The maximum absolute atomic E-state index is 10.3. The first-order chi connectivity index (χ1) is 15.5. The first-order valence-corrected chi connectivity index (χ1v) is 10.5. The second-order valence-electron chi connectivity index (χ2n) is 7.95. The van der Waals surface area contributed by atoms with E-state index in [2.05, 4.69) is 16.0 Å². The summed E-state index contributed by atoms with van der Waals surface area (Å²) in [5.41, 5.74) is 7.23. The molecule has 0 bridgehead atoms. The van der Waals surface area contributed by atoms with Gasteiger partial charge < -0.3 is 14.8 Å². The predicted molar refractivity (Wildman–Crippen MR) is 127 cm³/mol. The van der Waals surface area contributed by atoms with Crippen LogP contribution in [-0.2, 0) is 0 Å². The van der Waals surface area contributed by atoms with E-state index in [1.54, 1.807) is 6.07 Å². The van der Waals surface area contributed by atoms with Crippen molar-refractivity contribution in [3.63, 3.8) is 0 Å². The van der Waals surface area contributed by atoms with Gasteiger partial charge in [-0.05, 0) is 73.9 Å². The van der Waals surface area contributed by atoms with E-state index in [-0.39, 0.29) is 5.75 Å². The Morgan fingerprint density at radius 1 is 0.844 bits per heavy atom. The van der Waals surface area contributed by atoms with Gasteiger partial charge in [0.1, 0.15) is 17.1 Å². The van der Waals surface area contributed by atoms with E-state index in [0.717, 1.165) is 56.0 Å². The first-order valence-electron chi connectivity index (χ1n) is 10.5. The van der Waals surface area contributed by atoms with Gasteiger partial charge in [0.2, 0.25) is 0 Å². The van der Waals surface area contributed by atoms with Crippen LogP contribution in [0.3, 0.4) is 0 Å². The monoisotopic (exact) mass is 421 g/mol. The van der Waals surface area contributed by atoms with Gasteiger partial charge in [0.25, 0.3) is 0 Å². The number of nitrogens with zero attached hydrogens (tertiary/aromatic N) is 2. The topological polar surface area (TPSA) is 71.0 Å². The van der Waals surface area contributed by atoms with Crippen molar-refractivity contribution in [1.29, 1.82) is 0 Å². The predicted octanol–water partition coefficient (Wildman–Crippen LogP) is 6.72. The molecule has 5 aromatic rings. The molecule has 0 fully saturated rings. The van der Waals surface area contributed by atoms with Crippen molar-refractivity contribution in [3.05, 3.63) is 89.9 Å². The molecule has 2 N–H and O–H groups in total. The second kappa shape index (κ2) is 7.85. The summed E-state index contributed by atoms with van der Waals surface area (Å²) in [6, 6.07) is 19.4. The number of aromatic nitrogens is 3. The highest BCUT2D eigenvalue weighted by molar-refractivity contribution is 5.95. The fourth-order valence-electron chi connectivity index (χ4n) is 4.00. The lowest BCUT2D eigenvalue weighted by molar-refractivity contribution is 0.471. The molecule has 5 nitrogen and oxygen atoms in total. The lowest BCUT2D eigenvalue weighted by Crippen LogP contribution is -1.91. The van der Waals surface area contributed by atoms with E-state index in [9.17, 15) is 5.11 Å². The third-order valence-electron chi connectivity index (χ3n) is 5.70. The Bertz CT molecular complexity index is 1420. The molecule has 32 heavy (non-hydrogen) atoms. The van der Waals surface area contributed by atoms with Gasteiger partial charge in [0.05, 0.1) is 11.1 Å². The standard InChI is InChI=1S/C27H23N3O2/c1-16-9-12-23(31)18(3)24(16)20-13-22-26(32-21-7-5-4-6-8-21)25(30-27(22)29-15-20)19-11-10-17(2)28-14-19/h4-15,31H,1-3H3,(H,29,30). The van der Waals surface area contributed by atoms with Gasteiger partial charge in [-0.25, -0.2) is 4.98 Å². The molecule has 0 atom stereocenters. The van der Waals surface area contributed by atoms with Gasteiger partial charge in [-0.1, -0.05) is 24.3 Å². The number of pyridine rings is 2. The number of hydrogen-bond donors (Lipinski definition) is 2. The quantitative estimate of drug-likeness (QED) is 0.338. The smallest absolute Gasteiger partial charge is 0.162 e. The summed E-state index contributed by atoms with van der Waals surface area (Å²) in [5.74, 6) is 1.71. The molecule has 0 aliphatic carbocycles. The Morgan fingerprint density at radius 3 is 2.38 bits per heavy atom. The van der Waals surface area contributed by atoms with Crippen LogP contribution in [0.25, 0.3) is 33.4 Å². The summed E-state index contributed by atoms with van der Waals surface area (Å²) < 4.78 is 6.37. The van der Waals surface area contributed by atoms with Crippen LogP contribution < -0.4 is 4.74 Å². The van der Waals surface area contributed by atoms with Crippen molar-refractivity contribution >= 4 is 11.0 Å². The van der Waals surface area contributed by atoms with Crippen molar-refractivity contribution in [2.24, 2.45) is 0 Å². The molecule has 0 saturated heterocycles. The van der Waals surface area contributed by atoms with E-state index in [0.29, 0.717) is 5.75 Å². The summed E-state index contributed by atoms with van der Waals surface area (Å²) in [5, 5.41) is 11.1. The molecule has 2 aromatic carbocycles. The maximum atomic E-state index is 10.3. The van der Waals surface area contributed by atoms with Crippen molar-refractivity contribution in [1.82, 2.24) is 15.0 Å². The van der Waals surface area contributed by atoms with Crippen LogP contribution in [0.15, 0.2) is 73.1 Å². The number of ether oxygens (including phenoxy) is 1. The Balaban J connectivity index is 1.74. The number of nitrogens with one attached hydrogen (secondary N) is 1. The number of aryl methyl sites for hydroxylation is 2. The van der Waals surface area contributed by atoms with Crippen LogP contribution in [0.4, 0.5) is 0 Å². The summed E-state index contributed by atoms with van der Waals surface area (Å²) in [7, 11) is 0. The number of benzene rings is 2. The molecule has 0 amide bonds. The van der Waals surface area contributed by atoms with Gasteiger partial charge >= 0.3 is 0 Å². The minimum Gasteiger partial charge on any atom is -0.508 e. The molecule has 5 rings (SSSR count). The van der Waals surface area contributed by atoms with Crippen LogP contribution in [0.2, 0.25) is 0 Å². The number of aromatic hydroxyl groups is 1. The van der Waals surface area contributed by atoms with Gasteiger partial charge in [-0.15, -0.1) is 0 Å². The number of H-pyrrole nitrogens is 1. The normalized spacial score (nSPS) is 11.1. The van der Waals surface area contributed by atoms with E-state index < -0.39 is 0 Å². The van der Waals surface area contributed by atoms with Crippen LogP contribution >= 0.6 is 0 Å². The fourth-order valence-corrected chi connectivity index (χ4v) is 4.00. The molecule has 5 heteroatoms. The average molecular weight is 422 g/mol. The number of hydrogen-bond acceptors (Lipinski definition) is 4. The summed E-state index contributed by atoms with van der Waals surface area (Å²) >= 11 is 0. The van der Waals surface area contributed by atoms with E-state index in [1.165, 1.54) is 0 Å². The largest absolute Gasteiger partial charge is 0.508 e. The molecule has 0 saturated carbocycles. The van der Waals surface area contributed by atoms with E-state index >= 15 is 0 Å². The summed E-state index contributed by atoms with van der Waals surface area (Å²) in [6.45, 7) is 5.92. The van der Waals surface area contributed by atoms with Gasteiger partial charge in [-0.3, -0.25) is 4.98 Å². The van der Waals surface area contributed by atoms with Crippen LogP contribution in [0.1, 0.15) is 16.8 Å². The molecule has 0 aliphatic rings. The highest BCUT2D eigenvalue weighted by Gasteiger charge is 2.19. The Kier molecular flexibility index (Phi) is 4.86. The van der Waals surface area contributed by atoms with Crippen LogP contribution in [0, 0.1) is 20.8 Å². The fraction of sp³-hybridized carbons (Fsp3) is 0.111. The Hall–Kier alpha value is -4.12. The third-order valence-corrected chi connectivity index (χ3v) is 5.70. The van der Waals surface area contributed by atoms with Crippen molar-refractivity contribution in [2.45, 2.75) is 20.8 Å². The third kappa shape index (κ3) is 3.48. The number of phenols is 1. The van der Waals surface area contributed by atoms with Crippen molar-refractivity contribution in [3.8, 4) is 39.6 Å². The highest BCUT2D eigenvalue weighted by atomic mass is 16.5. The number of aromatic amines is 1. The molecule has 3 aromatic heterocycles. The average Bonchev–Trinajstić information content (AvgIpc) is 3.15. The van der Waals surface area contributed by atoms with Crippen molar-refractivity contribution < 1.29 is 9.84 Å². The SMILES string of the molecule is Cc1ccc(-c2[nH]c3ncc(-c4c(C)ccc(O)c4C)cc3c2Oc2ccccc2)cn1. The van der Waals surface area contributed by atoms with Crippen LogP contribution in [-0.4, -0.2) is 20.1 Å². The number of fused-ring (bicyclic) bond motifs is 1. The molecular weight excluding hydrogens is 398 g/mol. The van der Waals surface area contributed by atoms with Gasteiger partial charge in [0.15, 0.2) is 5.75 Å². The lowest BCUT2D eigenvalue weighted by Gasteiger charge is -2.12. The molecule has 3 heterocycles. The van der Waals surface area contributed by atoms with Gasteiger partial charge in [-0.2, -0.15) is 0 Å². The zero-order chi connectivity index (χ0) is 22.2. The molecule has 0 unspecified atom stereocenters. The molecule has 0 spiro atoms. The number of para-hydroxylation sites is 1. The lowest BCUT2D eigenvalue weighted by atomic mass is 9.95. The maximum Gasteiger partial charge on any atom is 0.162 e. The highest BCUT2D eigenvalue weighted by Crippen LogP contribution is 2.41. The molecule has 0 radical (unpaired) electrons. The summed E-state index contributed by atoms with van der Waals surface area (Å²) in [4.78, 5) is 12.6. The van der Waals surface area contributed by atoms with Crippen LogP contribution in [0.5, 0.6) is 17.2 Å². The molecule has 0 aliphatic heterocycles. The second-order valence-corrected chi connectivity index (χ2v) is 7.95. The molecular formula is C27H23N3O2. The number of rotatable bonds is 4. The van der Waals surface area contributed by atoms with Crippen molar-refractivity contribution in [2.75, 3.05) is 0 Å². The Morgan fingerprint density at radius 2 is 1.62 bits per heavy atom. The van der Waals surface area contributed by atoms with E-state index in [1.807, 2.05) is 81.7 Å². The Labute approximate surface area is 186 Å². The first kappa shape index (κ1) is 19.8. The molecule has 158 valence electrons. The van der Waals surface area contributed by atoms with Gasteiger partial charge in [0, 0.05) is 29.2 Å². The zero-order valence-corrected chi connectivity index (χ0v) is 18.2. The zero-order valence-electron chi connectivity index (χ0n) is 18.2.